The summed E-state index contributed by atoms with van der Waals surface area (Å²) >= 11 is 3.37. The number of halogens is 1. The quantitative estimate of drug-likeness (QED) is 0.666. The molecule has 0 radical (unpaired) electrons. The zero-order chi connectivity index (χ0) is 7.11. The molecule has 0 heterocycles. The fourth-order valence-electron chi connectivity index (χ4n) is 0.790. The van der Waals surface area contributed by atoms with E-state index in [1.807, 2.05) is 0 Å². The van der Waals surface area contributed by atoms with E-state index < -0.39 is 0 Å². The van der Waals surface area contributed by atoms with E-state index in [4.69, 9.17) is 5.11 Å². The van der Waals surface area contributed by atoms with Gasteiger partial charge in [-0.3, -0.25) is 0 Å². The number of aliphatic hydroxyl groups is 1. The van der Waals surface area contributed by atoms with E-state index in [9.17, 15) is 0 Å². The van der Waals surface area contributed by atoms with Crippen molar-refractivity contribution in [2.75, 3.05) is 11.9 Å². The van der Waals surface area contributed by atoms with Gasteiger partial charge in [0.1, 0.15) is 0 Å². The van der Waals surface area contributed by atoms with Crippen LogP contribution in [-0.2, 0) is 0 Å². The summed E-state index contributed by atoms with van der Waals surface area (Å²) in [5.74, 6) is 0.688. The van der Waals surface area contributed by atoms with E-state index in [0.29, 0.717) is 12.5 Å². The molecule has 0 saturated heterocycles. The van der Waals surface area contributed by atoms with Crippen LogP contribution >= 0.6 is 15.9 Å². The Labute approximate surface area is 65.6 Å². The molecule has 0 aromatic carbocycles. The third-order valence-corrected chi connectivity index (χ3v) is 2.01. The molecule has 0 spiro atoms. The molecule has 1 atom stereocenters. The van der Waals surface area contributed by atoms with Gasteiger partial charge in [0.15, 0.2) is 0 Å². The molecule has 2 heteroatoms. The molecule has 0 fully saturated rings. The first kappa shape index (κ1) is 9.44. The van der Waals surface area contributed by atoms with Crippen LogP contribution in [-0.4, -0.2) is 17.0 Å². The minimum absolute atomic E-state index is 0.337. The third-order valence-electron chi connectivity index (χ3n) is 1.45. The highest BCUT2D eigenvalue weighted by molar-refractivity contribution is 9.09. The molecule has 1 N–H and O–H groups in total. The molecule has 56 valence electrons. The highest BCUT2D eigenvalue weighted by Gasteiger charge is 1.98. The van der Waals surface area contributed by atoms with Crippen LogP contribution in [0.15, 0.2) is 0 Å². The van der Waals surface area contributed by atoms with Gasteiger partial charge in [-0.15, -0.1) is 0 Å². The molecule has 1 nitrogen and oxygen atoms in total. The molecular formula is C7H15BrO. The van der Waals surface area contributed by atoms with E-state index in [1.165, 1.54) is 12.8 Å². The third kappa shape index (κ3) is 6.32. The summed E-state index contributed by atoms with van der Waals surface area (Å²) in [5, 5.41) is 9.61. The second-order valence-electron chi connectivity index (χ2n) is 2.45. The molecule has 0 aliphatic heterocycles. The maximum Gasteiger partial charge on any atom is 0.0433 e. The Balaban J connectivity index is 2.95. The number of alkyl halides is 1. The lowest BCUT2D eigenvalue weighted by Gasteiger charge is -2.06. The molecule has 0 amide bonds. The van der Waals surface area contributed by atoms with Crippen molar-refractivity contribution in [3.05, 3.63) is 0 Å². The maximum absolute atomic E-state index is 8.52. The number of hydrogen-bond donors (Lipinski definition) is 1. The van der Waals surface area contributed by atoms with Crippen LogP contribution in [0.1, 0.15) is 26.2 Å². The minimum Gasteiger partial charge on any atom is -0.396 e. The van der Waals surface area contributed by atoms with Crippen LogP contribution in [0.4, 0.5) is 0 Å². The van der Waals surface area contributed by atoms with Gasteiger partial charge in [-0.05, 0) is 25.2 Å². The summed E-state index contributed by atoms with van der Waals surface area (Å²) in [5.41, 5.74) is 0. The normalized spacial score (nSPS) is 13.7. The minimum atomic E-state index is 0.337. The zero-order valence-corrected chi connectivity index (χ0v) is 7.52. The van der Waals surface area contributed by atoms with Gasteiger partial charge in [-0.25, -0.2) is 0 Å². The summed E-state index contributed by atoms with van der Waals surface area (Å²) in [7, 11) is 0. The van der Waals surface area contributed by atoms with Crippen molar-refractivity contribution in [1.82, 2.24) is 0 Å². The maximum atomic E-state index is 8.52. The van der Waals surface area contributed by atoms with Crippen molar-refractivity contribution in [2.24, 2.45) is 5.92 Å². The summed E-state index contributed by atoms with van der Waals surface area (Å²) in [6.45, 7) is 2.52. The second kappa shape index (κ2) is 6.56. The lowest BCUT2D eigenvalue weighted by atomic mass is 10.0. The summed E-state index contributed by atoms with van der Waals surface area (Å²) in [6, 6.07) is 0. The van der Waals surface area contributed by atoms with Gasteiger partial charge in [-0.1, -0.05) is 22.9 Å². The topological polar surface area (TPSA) is 20.2 Å². The van der Waals surface area contributed by atoms with Crippen LogP contribution in [0, 0.1) is 5.92 Å². The predicted molar refractivity (Wildman–Crippen MR) is 43.9 cm³/mol. The average Bonchev–Trinajstić information content (AvgIpc) is 1.85. The predicted octanol–water partition coefficient (Wildman–Crippen LogP) is 2.18. The van der Waals surface area contributed by atoms with Crippen molar-refractivity contribution in [3.63, 3.8) is 0 Å². The summed E-state index contributed by atoms with van der Waals surface area (Å²) in [6.07, 6.45) is 3.40. The Morgan fingerprint density at radius 3 is 2.56 bits per heavy atom. The van der Waals surface area contributed by atoms with Gasteiger partial charge < -0.3 is 5.11 Å². The lowest BCUT2D eigenvalue weighted by Crippen LogP contribution is -1.97. The molecule has 9 heavy (non-hydrogen) atoms. The summed E-state index contributed by atoms with van der Waals surface area (Å²) < 4.78 is 0. The van der Waals surface area contributed by atoms with Crippen molar-refractivity contribution in [2.45, 2.75) is 26.2 Å². The molecule has 0 bridgehead atoms. The second-order valence-corrected chi connectivity index (χ2v) is 3.24. The molecular weight excluding hydrogens is 180 g/mol. The van der Waals surface area contributed by atoms with Gasteiger partial charge in [0.05, 0.1) is 0 Å². The van der Waals surface area contributed by atoms with Crippen LogP contribution in [0.5, 0.6) is 0 Å². The van der Waals surface area contributed by atoms with Gasteiger partial charge in [0, 0.05) is 11.9 Å². The van der Waals surface area contributed by atoms with Crippen molar-refractivity contribution in [3.8, 4) is 0 Å². The molecule has 0 aliphatic rings. The van der Waals surface area contributed by atoms with Crippen LogP contribution in [0.3, 0.4) is 0 Å². The van der Waals surface area contributed by atoms with Crippen LogP contribution in [0.2, 0.25) is 0 Å². The Morgan fingerprint density at radius 2 is 2.11 bits per heavy atom. The number of rotatable bonds is 5. The monoisotopic (exact) mass is 194 g/mol. The molecule has 0 aromatic heterocycles. The summed E-state index contributed by atoms with van der Waals surface area (Å²) in [4.78, 5) is 0. The molecule has 0 aromatic rings. The van der Waals surface area contributed by atoms with Gasteiger partial charge in [-0.2, -0.15) is 0 Å². The molecule has 0 rings (SSSR count). The first-order valence-electron chi connectivity index (χ1n) is 3.48. The van der Waals surface area contributed by atoms with Gasteiger partial charge in [0.2, 0.25) is 0 Å². The Hall–Kier alpha value is 0.440. The van der Waals surface area contributed by atoms with E-state index in [2.05, 4.69) is 22.9 Å². The molecule has 0 unspecified atom stereocenters. The van der Waals surface area contributed by atoms with Crippen LogP contribution in [0.25, 0.3) is 0 Å². The first-order valence-corrected chi connectivity index (χ1v) is 4.60. The standard InChI is InChI=1S/C7H15BrO/c1-7(4-6-9)3-2-5-8/h7,9H,2-6H2,1H3/t7-/m1/s1. The van der Waals surface area contributed by atoms with Crippen molar-refractivity contribution < 1.29 is 5.11 Å². The molecule has 0 aliphatic carbocycles. The fraction of sp³-hybridized carbons (Fsp3) is 1.00. The largest absolute Gasteiger partial charge is 0.396 e. The van der Waals surface area contributed by atoms with Crippen LogP contribution < -0.4 is 0 Å². The Bertz CT molecular complexity index is 56.9. The van der Waals surface area contributed by atoms with E-state index >= 15 is 0 Å². The van der Waals surface area contributed by atoms with Crippen molar-refractivity contribution >= 4 is 15.9 Å². The van der Waals surface area contributed by atoms with Gasteiger partial charge >= 0.3 is 0 Å². The highest BCUT2D eigenvalue weighted by Crippen LogP contribution is 2.09. The zero-order valence-electron chi connectivity index (χ0n) is 5.94. The molecule has 0 saturated carbocycles. The highest BCUT2D eigenvalue weighted by atomic mass is 79.9. The average molecular weight is 195 g/mol. The SMILES string of the molecule is C[C@@H](CCO)CCCBr. The lowest BCUT2D eigenvalue weighted by molar-refractivity contribution is 0.258. The van der Waals surface area contributed by atoms with E-state index in [1.54, 1.807) is 0 Å². The van der Waals surface area contributed by atoms with Gasteiger partial charge in [0.25, 0.3) is 0 Å². The smallest absolute Gasteiger partial charge is 0.0433 e. The Kier molecular flexibility index (Phi) is 6.88. The van der Waals surface area contributed by atoms with E-state index in [0.717, 1.165) is 11.8 Å². The Morgan fingerprint density at radius 1 is 1.44 bits per heavy atom. The number of hydrogen-bond acceptors (Lipinski definition) is 1. The van der Waals surface area contributed by atoms with E-state index in [-0.39, 0.29) is 0 Å². The fourth-order valence-corrected chi connectivity index (χ4v) is 1.11. The number of aliphatic hydroxyl groups excluding tert-OH is 1. The van der Waals surface area contributed by atoms with Crippen molar-refractivity contribution in [1.29, 1.82) is 0 Å². The first-order chi connectivity index (χ1) is 4.31.